The average molecular weight is 320 g/mol. The Labute approximate surface area is 138 Å². The second kappa shape index (κ2) is 8.67. The molecule has 0 heterocycles. The minimum Gasteiger partial charge on any atom is -0.497 e. The van der Waals surface area contributed by atoms with E-state index >= 15 is 0 Å². The molecule has 0 unspecified atom stereocenters. The summed E-state index contributed by atoms with van der Waals surface area (Å²) in [5.74, 6) is 0.740. The Morgan fingerprint density at radius 2 is 1.74 bits per heavy atom. The third-order valence-corrected chi connectivity index (χ3v) is 3.41. The van der Waals surface area contributed by atoms with Gasteiger partial charge in [0.1, 0.15) is 11.4 Å². The van der Waals surface area contributed by atoms with Gasteiger partial charge in [-0.05, 0) is 54.5 Å². The van der Waals surface area contributed by atoms with Crippen molar-refractivity contribution < 1.29 is 14.6 Å². The number of carbonyl (C=O) groups is 1. The quantitative estimate of drug-likeness (QED) is 0.571. The SMILES string of the molecule is COc1ccc(/C=N\NC(=O)C(O)(CC(C)C)CC(C)C)cc1. The van der Waals surface area contributed by atoms with Crippen LogP contribution in [0.5, 0.6) is 5.75 Å². The van der Waals surface area contributed by atoms with Crippen molar-refractivity contribution in [2.75, 3.05) is 7.11 Å². The number of benzene rings is 1. The lowest BCUT2D eigenvalue weighted by atomic mass is 9.84. The first kappa shape index (κ1) is 19.2. The fourth-order valence-electron chi connectivity index (χ4n) is 2.58. The number of carbonyl (C=O) groups excluding carboxylic acids is 1. The van der Waals surface area contributed by atoms with Gasteiger partial charge in [0.2, 0.25) is 0 Å². The third-order valence-electron chi connectivity index (χ3n) is 3.41. The molecular weight excluding hydrogens is 292 g/mol. The van der Waals surface area contributed by atoms with Crippen LogP contribution in [-0.4, -0.2) is 29.9 Å². The van der Waals surface area contributed by atoms with E-state index in [1.807, 2.05) is 52.0 Å². The van der Waals surface area contributed by atoms with Crippen LogP contribution in [0.2, 0.25) is 0 Å². The van der Waals surface area contributed by atoms with E-state index in [1.165, 1.54) is 0 Å². The van der Waals surface area contributed by atoms with E-state index in [1.54, 1.807) is 13.3 Å². The maximum absolute atomic E-state index is 12.3. The highest BCUT2D eigenvalue weighted by atomic mass is 16.5. The number of hydrogen-bond donors (Lipinski definition) is 2. The number of hydrazone groups is 1. The minimum atomic E-state index is -1.39. The van der Waals surface area contributed by atoms with E-state index in [-0.39, 0.29) is 11.8 Å². The van der Waals surface area contributed by atoms with Crippen LogP contribution in [0, 0.1) is 11.8 Å². The van der Waals surface area contributed by atoms with Gasteiger partial charge >= 0.3 is 0 Å². The highest BCUT2D eigenvalue weighted by Crippen LogP contribution is 2.25. The summed E-state index contributed by atoms with van der Waals surface area (Å²) in [6.07, 6.45) is 2.37. The number of nitrogens with one attached hydrogen (secondary N) is 1. The van der Waals surface area contributed by atoms with Crippen molar-refractivity contribution in [2.24, 2.45) is 16.9 Å². The van der Waals surface area contributed by atoms with Crippen LogP contribution in [-0.2, 0) is 4.79 Å². The van der Waals surface area contributed by atoms with Crippen LogP contribution in [0.1, 0.15) is 46.1 Å². The van der Waals surface area contributed by atoms with Crippen LogP contribution < -0.4 is 10.2 Å². The summed E-state index contributed by atoms with van der Waals surface area (Å²) < 4.78 is 5.08. The molecule has 1 rings (SSSR count). The molecule has 128 valence electrons. The molecule has 1 aromatic rings. The Bertz CT molecular complexity index is 512. The maximum Gasteiger partial charge on any atom is 0.272 e. The summed E-state index contributed by atoms with van der Waals surface area (Å²) in [6, 6.07) is 7.31. The Morgan fingerprint density at radius 3 is 2.17 bits per heavy atom. The molecule has 0 saturated heterocycles. The molecule has 5 nitrogen and oxygen atoms in total. The van der Waals surface area contributed by atoms with Crippen molar-refractivity contribution in [3.63, 3.8) is 0 Å². The maximum atomic E-state index is 12.3. The van der Waals surface area contributed by atoms with Crippen LogP contribution in [0.25, 0.3) is 0 Å². The van der Waals surface area contributed by atoms with E-state index in [0.717, 1.165) is 11.3 Å². The largest absolute Gasteiger partial charge is 0.497 e. The lowest BCUT2D eigenvalue weighted by Gasteiger charge is -2.29. The van der Waals surface area contributed by atoms with Crippen molar-refractivity contribution in [3.8, 4) is 5.75 Å². The van der Waals surface area contributed by atoms with E-state index in [9.17, 15) is 9.90 Å². The fourth-order valence-corrected chi connectivity index (χ4v) is 2.58. The molecule has 0 atom stereocenters. The number of nitrogens with zero attached hydrogens (tertiary/aromatic N) is 1. The molecular formula is C18H28N2O3. The number of methoxy groups -OCH3 is 1. The highest BCUT2D eigenvalue weighted by molar-refractivity contribution is 5.87. The van der Waals surface area contributed by atoms with Gasteiger partial charge in [-0.3, -0.25) is 4.79 Å². The topological polar surface area (TPSA) is 70.9 Å². The van der Waals surface area contributed by atoms with Crippen molar-refractivity contribution in [1.29, 1.82) is 0 Å². The van der Waals surface area contributed by atoms with Crippen LogP contribution in [0.3, 0.4) is 0 Å². The van der Waals surface area contributed by atoms with E-state index in [0.29, 0.717) is 12.8 Å². The van der Waals surface area contributed by atoms with Crippen molar-refractivity contribution in [2.45, 2.75) is 46.1 Å². The Balaban J connectivity index is 2.71. The molecule has 0 aliphatic heterocycles. The molecule has 0 spiro atoms. The van der Waals surface area contributed by atoms with Gasteiger partial charge in [0.15, 0.2) is 0 Å². The second-order valence-corrected chi connectivity index (χ2v) is 6.70. The molecule has 5 heteroatoms. The van der Waals surface area contributed by atoms with Gasteiger partial charge in [0.05, 0.1) is 13.3 Å². The average Bonchev–Trinajstić information content (AvgIpc) is 2.46. The van der Waals surface area contributed by atoms with Gasteiger partial charge in [-0.25, -0.2) is 5.43 Å². The third kappa shape index (κ3) is 6.40. The predicted octanol–water partition coefficient (Wildman–Crippen LogP) is 2.97. The van der Waals surface area contributed by atoms with E-state index < -0.39 is 11.5 Å². The van der Waals surface area contributed by atoms with Gasteiger partial charge in [-0.15, -0.1) is 0 Å². The zero-order valence-electron chi connectivity index (χ0n) is 14.7. The fraction of sp³-hybridized carbons (Fsp3) is 0.556. The number of aliphatic hydroxyl groups is 1. The van der Waals surface area contributed by atoms with Crippen LogP contribution >= 0.6 is 0 Å². The zero-order valence-corrected chi connectivity index (χ0v) is 14.7. The van der Waals surface area contributed by atoms with Crippen molar-refractivity contribution >= 4 is 12.1 Å². The Kier molecular flexibility index (Phi) is 7.23. The van der Waals surface area contributed by atoms with Gasteiger partial charge in [0.25, 0.3) is 5.91 Å². The lowest BCUT2D eigenvalue weighted by molar-refractivity contribution is -0.143. The predicted molar refractivity (Wildman–Crippen MR) is 92.6 cm³/mol. The van der Waals surface area contributed by atoms with Gasteiger partial charge in [-0.1, -0.05) is 27.7 Å². The number of rotatable bonds is 8. The second-order valence-electron chi connectivity index (χ2n) is 6.70. The smallest absolute Gasteiger partial charge is 0.272 e. The summed E-state index contributed by atoms with van der Waals surface area (Å²) >= 11 is 0. The van der Waals surface area contributed by atoms with E-state index in [2.05, 4.69) is 10.5 Å². The Hall–Kier alpha value is -1.88. The number of ether oxygens (including phenoxy) is 1. The van der Waals surface area contributed by atoms with Gasteiger partial charge < -0.3 is 9.84 Å². The normalized spacial score (nSPS) is 12.2. The molecule has 0 aliphatic rings. The minimum absolute atomic E-state index is 0.218. The Morgan fingerprint density at radius 1 is 1.22 bits per heavy atom. The summed E-state index contributed by atoms with van der Waals surface area (Å²) in [5.41, 5.74) is 1.91. The molecule has 0 fully saturated rings. The van der Waals surface area contributed by atoms with Crippen molar-refractivity contribution in [1.82, 2.24) is 5.43 Å². The first-order valence-electron chi connectivity index (χ1n) is 7.96. The van der Waals surface area contributed by atoms with E-state index in [4.69, 9.17) is 4.74 Å². The van der Waals surface area contributed by atoms with Crippen molar-refractivity contribution in [3.05, 3.63) is 29.8 Å². The zero-order chi connectivity index (χ0) is 17.5. The van der Waals surface area contributed by atoms with Crippen LogP contribution in [0.15, 0.2) is 29.4 Å². The molecule has 1 amide bonds. The molecule has 1 aromatic carbocycles. The summed E-state index contributed by atoms with van der Waals surface area (Å²) in [6.45, 7) is 7.94. The molecule has 0 bridgehead atoms. The molecule has 0 aliphatic carbocycles. The van der Waals surface area contributed by atoms with Gasteiger partial charge in [-0.2, -0.15) is 5.10 Å². The van der Waals surface area contributed by atoms with Gasteiger partial charge in [0, 0.05) is 0 Å². The first-order chi connectivity index (χ1) is 10.8. The molecule has 0 radical (unpaired) electrons. The summed E-state index contributed by atoms with van der Waals surface area (Å²) in [7, 11) is 1.60. The lowest BCUT2D eigenvalue weighted by Crippen LogP contribution is -2.47. The monoisotopic (exact) mass is 320 g/mol. The molecule has 2 N–H and O–H groups in total. The summed E-state index contributed by atoms with van der Waals surface area (Å²) in [4.78, 5) is 12.3. The first-order valence-corrected chi connectivity index (χ1v) is 7.96. The number of amides is 1. The molecule has 0 saturated carbocycles. The molecule has 0 aromatic heterocycles. The highest BCUT2D eigenvalue weighted by Gasteiger charge is 2.37. The molecule has 23 heavy (non-hydrogen) atoms. The van der Waals surface area contributed by atoms with Crippen LogP contribution in [0.4, 0.5) is 0 Å². The standard InChI is InChI=1S/C18H28N2O3/c1-13(2)10-18(22,11-14(3)4)17(21)20-19-12-15-6-8-16(23-5)9-7-15/h6-9,12-14,22H,10-11H2,1-5H3,(H,20,21)/b19-12-. The summed E-state index contributed by atoms with van der Waals surface area (Å²) in [5, 5.41) is 14.6. The number of hydrogen-bond acceptors (Lipinski definition) is 4.